The molecule has 0 bridgehead atoms. The molecule has 0 spiro atoms. The Labute approximate surface area is 169 Å². The van der Waals surface area contributed by atoms with Crippen LogP contribution in [0.25, 0.3) is 11.0 Å². The first-order valence-corrected chi connectivity index (χ1v) is 10.1. The van der Waals surface area contributed by atoms with E-state index in [1.807, 2.05) is 19.3 Å². The minimum Gasteiger partial charge on any atom is -0.348 e. The molecular weight excluding hydrogens is 384 g/mol. The Balaban J connectivity index is 0.00000210. The van der Waals surface area contributed by atoms with E-state index < -0.39 is 0 Å². The number of nitrogens with one attached hydrogen (secondary N) is 3. The molecule has 1 amide bonds. The number of fused-ring (bicyclic) bond motifs is 1. The second-order valence-electron chi connectivity index (χ2n) is 6.80. The monoisotopic (exact) mass is 408 g/mol. The highest BCUT2D eigenvalue weighted by Gasteiger charge is 2.23. The van der Waals surface area contributed by atoms with Gasteiger partial charge in [0.15, 0.2) is 0 Å². The first-order chi connectivity index (χ1) is 12.7. The predicted molar refractivity (Wildman–Crippen MR) is 112 cm³/mol. The molecule has 0 aliphatic carbocycles. The number of nitrogens with zero attached hydrogens (tertiary/aromatic N) is 3. The summed E-state index contributed by atoms with van der Waals surface area (Å²) in [6.07, 6.45) is 8.81. The van der Waals surface area contributed by atoms with Gasteiger partial charge < -0.3 is 20.5 Å². The third kappa shape index (κ3) is 4.39. The van der Waals surface area contributed by atoms with E-state index in [0.29, 0.717) is 0 Å². The Morgan fingerprint density at radius 1 is 1.37 bits per heavy atom. The van der Waals surface area contributed by atoms with Gasteiger partial charge in [-0.25, -0.2) is 9.97 Å². The molecule has 0 unspecified atom stereocenters. The SMILES string of the molecule is Cc1c[nH]c2ncnc(N3C=C(C(=O)N[C@H]4CCCCNC4)SCC3)c12.Cl. The first-order valence-electron chi connectivity index (χ1n) is 9.14. The van der Waals surface area contributed by atoms with Crippen molar-refractivity contribution < 1.29 is 4.79 Å². The van der Waals surface area contributed by atoms with Crippen LogP contribution in [0.15, 0.2) is 23.6 Å². The lowest BCUT2D eigenvalue weighted by Crippen LogP contribution is -2.42. The molecule has 0 aromatic carbocycles. The standard InChI is InChI=1S/C18H24N6OS.ClH/c1-12-8-20-16-15(12)17(22-11-21-16)24-6-7-26-14(10-24)18(25)23-13-4-2-3-5-19-9-13;/h8,10-11,13,19H,2-7,9H2,1H3,(H,23,25)(H,20,21,22);1H/t13-;/m0./s1. The average Bonchev–Trinajstić information content (AvgIpc) is 2.88. The summed E-state index contributed by atoms with van der Waals surface area (Å²) >= 11 is 1.61. The number of rotatable bonds is 3. The lowest BCUT2D eigenvalue weighted by molar-refractivity contribution is -0.117. The average molecular weight is 409 g/mol. The summed E-state index contributed by atoms with van der Waals surface area (Å²) in [6, 6.07) is 0.208. The fourth-order valence-electron chi connectivity index (χ4n) is 3.50. The second kappa shape index (κ2) is 8.95. The topological polar surface area (TPSA) is 85.9 Å². The van der Waals surface area contributed by atoms with E-state index in [2.05, 4.69) is 30.5 Å². The smallest absolute Gasteiger partial charge is 0.259 e. The Bertz CT molecular complexity index is 830. The maximum Gasteiger partial charge on any atom is 0.259 e. The molecule has 2 aromatic rings. The molecule has 27 heavy (non-hydrogen) atoms. The molecule has 1 saturated heterocycles. The summed E-state index contributed by atoms with van der Waals surface area (Å²) in [7, 11) is 0. The van der Waals surface area contributed by atoms with Gasteiger partial charge in [-0.2, -0.15) is 0 Å². The molecule has 3 N–H and O–H groups in total. The molecule has 7 nitrogen and oxygen atoms in total. The third-order valence-corrected chi connectivity index (χ3v) is 5.88. The maximum absolute atomic E-state index is 12.7. The third-order valence-electron chi connectivity index (χ3n) is 4.89. The van der Waals surface area contributed by atoms with Gasteiger partial charge in [-0.3, -0.25) is 4.79 Å². The molecule has 0 radical (unpaired) electrons. The second-order valence-corrected chi connectivity index (χ2v) is 7.93. The summed E-state index contributed by atoms with van der Waals surface area (Å²) in [4.78, 5) is 27.5. The van der Waals surface area contributed by atoms with E-state index in [0.717, 1.165) is 65.5 Å². The predicted octanol–water partition coefficient (Wildman–Crippen LogP) is 2.34. The van der Waals surface area contributed by atoms with Crippen LogP contribution in [0.5, 0.6) is 0 Å². The van der Waals surface area contributed by atoms with Gasteiger partial charge >= 0.3 is 0 Å². The van der Waals surface area contributed by atoms with E-state index in [1.165, 1.54) is 6.42 Å². The molecule has 4 heterocycles. The highest BCUT2D eigenvalue weighted by molar-refractivity contribution is 8.04. The van der Waals surface area contributed by atoms with Crippen LogP contribution in [-0.2, 0) is 4.79 Å². The minimum atomic E-state index is 0. The number of thioether (sulfide) groups is 1. The lowest BCUT2D eigenvalue weighted by atomic mass is 10.1. The maximum atomic E-state index is 12.7. The van der Waals surface area contributed by atoms with Crippen LogP contribution in [-0.4, -0.2) is 52.3 Å². The van der Waals surface area contributed by atoms with E-state index in [-0.39, 0.29) is 24.4 Å². The van der Waals surface area contributed by atoms with Crippen LogP contribution in [0.2, 0.25) is 0 Å². The molecule has 2 aliphatic rings. The summed E-state index contributed by atoms with van der Waals surface area (Å²) in [5.74, 6) is 1.73. The van der Waals surface area contributed by atoms with E-state index in [1.54, 1.807) is 18.1 Å². The van der Waals surface area contributed by atoms with Gasteiger partial charge in [-0.15, -0.1) is 24.2 Å². The van der Waals surface area contributed by atoms with E-state index >= 15 is 0 Å². The van der Waals surface area contributed by atoms with Gasteiger partial charge in [0.05, 0.1) is 10.3 Å². The molecule has 2 aromatic heterocycles. The lowest BCUT2D eigenvalue weighted by Gasteiger charge is -2.26. The van der Waals surface area contributed by atoms with Crippen molar-refractivity contribution in [2.45, 2.75) is 32.2 Å². The van der Waals surface area contributed by atoms with Gasteiger partial charge in [-0.05, 0) is 31.9 Å². The number of hydrogen-bond donors (Lipinski definition) is 3. The highest BCUT2D eigenvalue weighted by atomic mass is 35.5. The normalized spacial score (nSPS) is 20.6. The number of H-pyrrole nitrogens is 1. The molecule has 9 heteroatoms. The molecule has 146 valence electrons. The Kier molecular flexibility index (Phi) is 6.62. The van der Waals surface area contributed by atoms with Gasteiger partial charge in [0, 0.05) is 37.3 Å². The van der Waals surface area contributed by atoms with Crippen molar-refractivity contribution in [2.75, 3.05) is 30.3 Å². The number of halogens is 1. The van der Waals surface area contributed by atoms with Gasteiger partial charge in [0.25, 0.3) is 5.91 Å². The summed E-state index contributed by atoms with van der Waals surface area (Å²) < 4.78 is 0. The number of carbonyl (C=O) groups is 1. The Hall–Kier alpha value is -1.77. The van der Waals surface area contributed by atoms with Crippen LogP contribution in [0, 0.1) is 6.92 Å². The quantitative estimate of drug-likeness (QED) is 0.722. The number of anilines is 1. The van der Waals surface area contributed by atoms with Crippen LogP contribution >= 0.6 is 24.2 Å². The van der Waals surface area contributed by atoms with Crippen LogP contribution in [0.1, 0.15) is 24.8 Å². The van der Waals surface area contributed by atoms with E-state index in [9.17, 15) is 4.79 Å². The number of aromatic nitrogens is 3. The Morgan fingerprint density at radius 2 is 2.26 bits per heavy atom. The molecule has 1 fully saturated rings. The van der Waals surface area contributed by atoms with Crippen molar-refractivity contribution in [3.63, 3.8) is 0 Å². The summed E-state index contributed by atoms with van der Waals surface area (Å²) in [6.45, 7) is 4.75. The largest absolute Gasteiger partial charge is 0.348 e. The number of carbonyl (C=O) groups excluding carboxylic acids is 1. The zero-order valence-electron chi connectivity index (χ0n) is 15.3. The number of hydrogen-bond acceptors (Lipinski definition) is 6. The molecular formula is C18H25ClN6OS. The van der Waals surface area contributed by atoms with Crippen LogP contribution in [0.3, 0.4) is 0 Å². The highest BCUT2D eigenvalue weighted by Crippen LogP contribution is 2.30. The van der Waals surface area contributed by atoms with Crippen LogP contribution < -0.4 is 15.5 Å². The number of aryl methyl sites for hydroxylation is 1. The number of aromatic amines is 1. The van der Waals surface area contributed by atoms with Gasteiger partial charge in [-0.1, -0.05) is 6.42 Å². The molecule has 2 aliphatic heterocycles. The van der Waals surface area contributed by atoms with Crippen molar-refractivity contribution in [3.8, 4) is 0 Å². The van der Waals surface area contributed by atoms with Crippen molar-refractivity contribution in [3.05, 3.63) is 29.2 Å². The molecule has 4 rings (SSSR count). The summed E-state index contributed by atoms with van der Waals surface area (Å²) in [5, 5.41) is 7.60. The Morgan fingerprint density at radius 3 is 3.15 bits per heavy atom. The first kappa shape index (κ1) is 20.0. The van der Waals surface area contributed by atoms with Crippen LogP contribution in [0.4, 0.5) is 5.82 Å². The zero-order valence-corrected chi connectivity index (χ0v) is 17.0. The fraction of sp³-hybridized carbons (Fsp3) is 0.500. The molecule has 0 saturated carbocycles. The van der Waals surface area contributed by atoms with Gasteiger partial charge in [0.2, 0.25) is 0 Å². The minimum absolute atomic E-state index is 0. The fourth-order valence-corrected chi connectivity index (χ4v) is 4.40. The molecule has 1 atom stereocenters. The zero-order chi connectivity index (χ0) is 17.9. The number of amides is 1. The van der Waals surface area contributed by atoms with Crippen molar-refractivity contribution >= 4 is 46.9 Å². The van der Waals surface area contributed by atoms with Gasteiger partial charge in [0.1, 0.15) is 17.8 Å². The summed E-state index contributed by atoms with van der Waals surface area (Å²) in [5.41, 5.74) is 1.94. The van der Waals surface area contributed by atoms with Crippen molar-refractivity contribution in [1.29, 1.82) is 0 Å². The van der Waals surface area contributed by atoms with E-state index in [4.69, 9.17) is 0 Å². The van der Waals surface area contributed by atoms with Crippen molar-refractivity contribution in [2.24, 2.45) is 0 Å². The van der Waals surface area contributed by atoms with Crippen molar-refractivity contribution in [1.82, 2.24) is 25.6 Å².